The highest BCUT2D eigenvalue weighted by Gasteiger charge is 2.44. The van der Waals surface area contributed by atoms with Crippen LogP contribution in [0.5, 0.6) is 0 Å². The molecule has 1 unspecified atom stereocenters. The SMILES string of the molecule is CC(=O)NCC(=O)N(c1ccc(F)cc1)C1COC2(CCNCC2)C1. The average molecular weight is 349 g/mol. The fourth-order valence-corrected chi connectivity index (χ4v) is 3.66. The topological polar surface area (TPSA) is 70.7 Å². The molecule has 0 bridgehead atoms. The molecule has 2 aliphatic rings. The molecule has 1 spiro atoms. The standard InChI is InChI=1S/C18H24FN3O3/c1-13(23)21-11-17(24)22(15-4-2-14(19)3-5-15)16-10-18(25-12-16)6-8-20-9-7-18/h2-5,16,20H,6-12H2,1H3,(H,21,23). The van der Waals surface area contributed by atoms with Crippen molar-refractivity contribution in [3.63, 3.8) is 0 Å². The number of hydrogen-bond acceptors (Lipinski definition) is 4. The number of piperidine rings is 1. The summed E-state index contributed by atoms with van der Waals surface area (Å²) in [6.07, 6.45) is 2.58. The summed E-state index contributed by atoms with van der Waals surface area (Å²) < 4.78 is 19.4. The lowest BCUT2D eigenvalue weighted by atomic mass is 9.88. The van der Waals surface area contributed by atoms with Gasteiger partial charge in [0.2, 0.25) is 11.8 Å². The Morgan fingerprint density at radius 2 is 2.00 bits per heavy atom. The predicted octanol–water partition coefficient (Wildman–Crippen LogP) is 1.21. The highest BCUT2D eigenvalue weighted by Crippen LogP contribution is 2.37. The summed E-state index contributed by atoms with van der Waals surface area (Å²) in [5, 5.41) is 5.87. The normalized spacial score (nSPS) is 21.9. The zero-order chi connectivity index (χ0) is 17.9. The van der Waals surface area contributed by atoms with Gasteiger partial charge in [-0.25, -0.2) is 4.39 Å². The van der Waals surface area contributed by atoms with Gasteiger partial charge in [-0.05, 0) is 56.6 Å². The van der Waals surface area contributed by atoms with Gasteiger partial charge in [-0.15, -0.1) is 0 Å². The molecule has 1 atom stereocenters. The molecule has 2 N–H and O–H groups in total. The lowest BCUT2D eigenvalue weighted by molar-refractivity contribution is -0.123. The first kappa shape index (κ1) is 17.8. The zero-order valence-electron chi connectivity index (χ0n) is 14.4. The molecule has 2 aliphatic heterocycles. The third-order valence-corrected chi connectivity index (χ3v) is 4.93. The molecule has 2 fully saturated rings. The van der Waals surface area contributed by atoms with Crippen molar-refractivity contribution >= 4 is 17.5 Å². The van der Waals surface area contributed by atoms with Crippen molar-refractivity contribution in [1.29, 1.82) is 0 Å². The van der Waals surface area contributed by atoms with E-state index in [2.05, 4.69) is 10.6 Å². The summed E-state index contributed by atoms with van der Waals surface area (Å²) >= 11 is 0. The lowest BCUT2D eigenvalue weighted by Crippen LogP contribution is -2.47. The van der Waals surface area contributed by atoms with Crippen LogP contribution >= 0.6 is 0 Å². The van der Waals surface area contributed by atoms with Crippen LogP contribution in [0, 0.1) is 5.82 Å². The number of anilines is 1. The second-order valence-electron chi connectivity index (χ2n) is 6.75. The molecule has 0 radical (unpaired) electrons. The summed E-state index contributed by atoms with van der Waals surface area (Å²) in [5.74, 6) is -0.832. The third kappa shape index (κ3) is 4.16. The molecule has 3 rings (SSSR count). The summed E-state index contributed by atoms with van der Waals surface area (Å²) in [6.45, 7) is 3.55. The van der Waals surface area contributed by atoms with E-state index in [0.717, 1.165) is 32.4 Å². The largest absolute Gasteiger partial charge is 0.373 e. The van der Waals surface area contributed by atoms with Crippen LogP contribution in [-0.2, 0) is 14.3 Å². The number of nitrogens with zero attached hydrogens (tertiary/aromatic N) is 1. The van der Waals surface area contributed by atoms with Gasteiger partial charge in [-0.1, -0.05) is 0 Å². The molecule has 0 aromatic heterocycles. The molecule has 1 aromatic rings. The first-order chi connectivity index (χ1) is 12.0. The molecule has 136 valence electrons. The Bertz CT molecular complexity index is 629. The molecule has 0 aliphatic carbocycles. The van der Waals surface area contributed by atoms with E-state index < -0.39 is 0 Å². The number of nitrogens with one attached hydrogen (secondary N) is 2. The molecule has 7 heteroatoms. The fraction of sp³-hybridized carbons (Fsp3) is 0.556. The Morgan fingerprint density at radius 1 is 1.32 bits per heavy atom. The van der Waals surface area contributed by atoms with Crippen LogP contribution in [0.15, 0.2) is 24.3 Å². The number of halogens is 1. The second kappa shape index (κ2) is 7.49. The van der Waals surface area contributed by atoms with Crippen molar-refractivity contribution < 1.29 is 18.7 Å². The van der Waals surface area contributed by atoms with E-state index in [1.54, 1.807) is 17.0 Å². The van der Waals surface area contributed by atoms with E-state index in [-0.39, 0.29) is 35.8 Å². The van der Waals surface area contributed by atoms with Gasteiger partial charge in [0.1, 0.15) is 5.82 Å². The lowest BCUT2D eigenvalue weighted by Gasteiger charge is -2.34. The van der Waals surface area contributed by atoms with Crippen LogP contribution in [0.4, 0.5) is 10.1 Å². The van der Waals surface area contributed by atoms with Gasteiger partial charge in [-0.2, -0.15) is 0 Å². The van der Waals surface area contributed by atoms with E-state index in [4.69, 9.17) is 4.74 Å². The predicted molar refractivity (Wildman–Crippen MR) is 91.8 cm³/mol. The van der Waals surface area contributed by atoms with E-state index in [0.29, 0.717) is 12.3 Å². The highest BCUT2D eigenvalue weighted by molar-refractivity contribution is 5.97. The van der Waals surface area contributed by atoms with Gasteiger partial charge in [-0.3, -0.25) is 9.59 Å². The van der Waals surface area contributed by atoms with Gasteiger partial charge in [0.05, 0.1) is 24.8 Å². The molecule has 2 amide bonds. The molecule has 25 heavy (non-hydrogen) atoms. The molecular weight excluding hydrogens is 325 g/mol. The number of amides is 2. The van der Waals surface area contributed by atoms with Gasteiger partial charge in [0.25, 0.3) is 0 Å². The van der Waals surface area contributed by atoms with E-state index in [9.17, 15) is 14.0 Å². The maximum Gasteiger partial charge on any atom is 0.246 e. The summed E-state index contributed by atoms with van der Waals surface area (Å²) in [4.78, 5) is 25.5. The third-order valence-electron chi connectivity index (χ3n) is 4.93. The first-order valence-corrected chi connectivity index (χ1v) is 8.66. The van der Waals surface area contributed by atoms with E-state index >= 15 is 0 Å². The molecular formula is C18H24FN3O3. The van der Waals surface area contributed by atoms with Gasteiger partial charge >= 0.3 is 0 Å². The van der Waals surface area contributed by atoms with Crippen molar-refractivity contribution in [1.82, 2.24) is 10.6 Å². The summed E-state index contributed by atoms with van der Waals surface area (Å²) in [7, 11) is 0. The number of carbonyl (C=O) groups excluding carboxylic acids is 2. The number of rotatable bonds is 4. The quantitative estimate of drug-likeness (QED) is 0.857. The smallest absolute Gasteiger partial charge is 0.246 e. The minimum atomic E-state index is -0.351. The number of hydrogen-bond donors (Lipinski definition) is 2. The van der Waals surface area contributed by atoms with Crippen molar-refractivity contribution in [3.05, 3.63) is 30.1 Å². The van der Waals surface area contributed by atoms with Gasteiger partial charge in [0.15, 0.2) is 0 Å². The zero-order valence-corrected chi connectivity index (χ0v) is 14.4. The van der Waals surface area contributed by atoms with E-state index in [1.165, 1.54) is 19.1 Å². The van der Waals surface area contributed by atoms with Crippen LogP contribution in [-0.4, -0.2) is 49.7 Å². The average Bonchev–Trinajstić information content (AvgIpc) is 2.98. The molecule has 2 heterocycles. The van der Waals surface area contributed by atoms with Crippen LogP contribution in [0.25, 0.3) is 0 Å². The Kier molecular flexibility index (Phi) is 5.34. The Hall–Kier alpha value is -1.99. The molecule has 6 nitrogen and oxygen atoms in total. The van der Waals surface area contributed by atoms with Crippen LogP contribution < -0.4 is 15.5 Å². The van der Waals surface area contributed by atoms with Gasteiger partial charge in [0, 0.05) is 12.6 Å². The highest BCUT2D eigenvalue weighted by atomic mass is 19.1. The van der Waals surface area contributed by atoms with Crippen LogP contribution in [0.3, 0.4) is 0 Å². The molecule has 1 aromatic carbocycles. The maximum atomic E-state index is 13.3. The summed E-state index contributed by atoms with van der Waals surface area (Å²) in [5.41, 5.74) is 0.430. The first-order valence-electron chi connectivity index (χ1n) is 8.66. The van der Waals surface area contributed by atoms with Crippen molar-refractivity contribution in [2.75, 3.05) is 31.1 Å². The van der Waals surface area contributed by atoms with Crippen molar-refractivity contribution in [2.45, 2.75) is 37.8 Å². The minimum Gasteiger partial charge on any atom is -0.373 e. The molecule has 0 saturated carbocycles. The fourth-order valence-electron chi connectivity index (χ4n) is 3.66. The maximum absolute atomic E-state index is 13.3. The van der Waals surface area contributed by atoms with Crippen molar-refractivity contribution in [3.8, 4) is 0 Å². The molecule has 2 saturated heterocycles. The van der Waals surface area contributed by atoms with Gasteiger partial charge < -0.3 is 20.3 Å². The van der Waals surface area contributed by atoms with Crippen molar-refractivity contribution in [2.24, 2.45) is 0 Å². The number of carbonyl (C=O) groups is 2. The monoisotopic (exact) mass is 349 g/mol. The minimum absolute atomic E-state index is 0.0856. The number of ether oxygens (including phenoxy) is 1. The Morgan fingerprint density at radius 3 is 2.64 bits per heavy atom. The van der Waals surface area contributed by atoms with Crippen LogP contribution in [0.1, 0.15) is 26.2 Å². The van der Waals surface area contributed by atoms with Crippen LogP contribution in [0.2, 0.25) is 0 Å². The Labute approximate surface area is 146 Å². The second-order valence-corrected chi connectivity index (χ2v) is 6.75. The number of benzene rings is 1. The Balaban J connectivity index is 1.79. The van der Waals surface area contributed by atoms with E-state index in [1.807, 2.05) is 0 Å². The summed E-state index contributed by atoms with van der Waals surface area (Å²) in [6, 6.07) is 5.74.